The number of benzene rings is 1. The molecule has 1 aromatic rings. The minimum atomic E-state index is -0.749. The first kappa shape index (κ1) is 13.7. The molecule has 1 N–H and O–H groups in total. The zero-order valence-corrected chi connectivity index (χ0v) is 10.8. The van der Waals surface area contributed by atoms with Crippen LogP contribution in [0.15, 0.2) is 30.3 Å². The summed E-state index contributed by atoms with van der Waals surface area (Å²) in [6, 6.07) is 10.1. The number of rotatable bonds is 6. The minimum absolute atomic E-state index is 0.160. The zero-order valence-electron chi connectivity index (χ0n) is 10.8. The molecule has 0 unspecified atom stereocenters. The molecule has 0 aromatic heterocycles. The summed E-state index contributed by atoms with van der Waals surface area (Å²) in [4.78, 5) is 13.1. The first-order chi connectivity index (χ1) is 7.95. The van der Waals surface area contributed by atoms with Crippen molar-refractivity contribution in [3.8, 4) is 0 Å². The van der Waals surface area contributed by atoms with Gasteiger partial charge in [-0.25, -0.2) is 0 Å². The molecule has 0 saturated carbocycles. The van der Waals surface area contributed by atoms with Crippen LogP contribution in [-0.4, -0.2) is 28.1 Å². The van der Waals surface area contributed by atoms with Crippen molar-refractivity contribution in [2.45, 2.75) is 39.3 Å². The van der Waals surface area contributed by atoms with Crippen LogP contribution in [-0.2, 0) is 11.3 Å². The van der Waals surface area contributed by atoms with E-state index in [0.717, 1.165) is 13.1 Å². The van der Waals surface area contributed by atoms with E-state index in [9.17, 15) is 4.79 Å². The molecule has 0 spiro atoms. The second-order valence-electron chi connectivity index (χ2n) is 4.88. The fourth-order valence-corrected chi connectivity index (χ4v) is 2.04. The first-order valence-electron chi connectivity index (χ1n) is 5.96. The molecule has 1 aromatic carbocycles. The number of hydrogen-bond acceptors (Lipinski definition) is 2. The second kappa shape index (κ2) is 5.82. The number of hydrogen-bond donors (Lipinski definition) is 1. The molecular formula is C14H21NO2. The summed E-state index contributed by atoms with van der Waals surface area (Å²) >= 11 is 0. The van der Waals surface area contributed by atoms with Gasteiger partial charge >= 0.3 is 5.97 Å². The highest BCUT2D eigenvalue weighted by Crippen LogP contribution is 2.21. The first-order valence-corrected chi connectivity index (χ1v) is 5.96. The third-order valence-corrected chi connectivity index (χ3v) is 3.04. The van der Waals surface area contributed by atoms with Gasteiger partial charge in [0, 0.05) is 12.1 Å². The summed E-state index contributed by atoms with van der Waals surface area (Å²) in [5, 5.41) is 8.93. The van der Waals surface area contributed by atoms with E-state index in [-0.39, 0.29) is 12.0 Å². The van der Waals surface area contributed by atoms with Crippen LogP contribution < -0.4 is 0 Å². The highest BCUT2D eigenvalue weighted by Gasteiger charge is 2.28. The molecule has 3 nitrogen and oxygen atoms in total. The normalized spacial score (nSPS) is 11.8. The maximum absolute atomic E-state index is 10.9. The molecule has 3 heteroatoms. The lowest BCUT2D eigenvalue weighted by Crippen LogP contribution is -2.44. The Hall–Kier alpha value is -1.35. The predicted molar refractivity (Wildman–Crippen MR) is 68.9 cm³/mol. The number of carboxylic acid groups (broad SMARTS) is 1. The minimum Gasteiger partial charge on any atom is -0.481 e. The van der Waals surface area contributed by atoms with Crippen molar-refractivity contribution in [1.82, 2.24) is 4.90 Å². The third-order valence-electron chi connectivity index (χ3n) is 3.04. The molecule has 0 aliphatic carbocycles. The Morgan fingerprint density at radius 1 is 1.29 bits per heavy atom. The monoisotopic (exact) mass is 235 g/mol. The number of nitrogens with zero attached hydrogens (tertiary/aromatic N) is 1. The van der Waals surface area contributed by atoms with Gasteiger partial charge in [-0.2, -0.15) is 0 Å². The predicted octanol–water partition coefficient (Wildman–Crippen LogP) is 2.76. The molecule has 1 rings (SSSR count). The Bertz CT molecular complexity index is 360. The summed E-state index contributed by atoms with van der Waals surface area (Å²) in [6.07, 6.45) is 0.160. The second-order valence-corrected chi connectivity index (χ2v) is 4.88. The van der Waals surface area contributed by atoms with Crippen molar-refractivity contribution in [2.24, 2.45) is 0 Å². The number of carboxylic acids is 1. The van der Waals surface area contributed by atoms with Crippen LogP contribution in [0.25, 0.3) is 0 Å². The SMILES string of the molecule is CCN(Cc1ccccc1)C(C)(C)CC(=O)O. The fraction of sp³-hybridized carbons (Fsp3) is 0.500. The van der Waals surface area contributed by atoms with Crippen LogP contribution in [0.3, 0.4) is 0 Å². The summed E-state index contributed by atoms with van der Waals surface area (Å²) in [6.45, 7) is 7.65. The Balaban J connectivity index is 2.74. The molecular weight excluding hydrogens is 214 g/mol. The van der Waals surface area contributed by atoms with Gasteiger partial charge in [0.05, 0.1) is 6.42 Å². The maximum atomic E-state index is 10.9. The summed E-state index contributed by atoms with van der Waals surface area (Å²) in [7, 11) is 0. The van der Waals surface area contributed by atoms with E-state index < -0.39 is 5.97 Å². The van der Waals surface area contributed by atoms with Crippen LogP contribution in [0.2, 0.25) is 0 Å². The zero-order chi connectivity index (χ0) is 12.9. The van der Waals surface area contributed by atoms with Gasteiger partial charge in [0.2, 0.25) is 0 Å². The molecule has 0 aliphatic rings. The van der Waals surface area contributed by atoms with Gasteiger partial charge in [-0.15, -0.1) is 0 Å². The standard InChI is InChI=1S/C14H21NO2/c1-4-15(14(2,3)10-13(16)17)11-12-8-6-5-7-9-12/h5-9H,4,10-11H2,1-3H3,(H,16,17). The van der Waals surface area contributed by atoms with Gasteiger partial charge in [-0.05, 0) is 26.0 Å². The number of carbonyl (C=O) groups is 1. The van der Waals surface area contributed by atoms with E-state index in [2.05, 4.69) is 24.0 Å². The van der Waals surface area contributed by atoms with E-state index in [1.165, 1.54) is 5.56 Å². The molecule has 0 heterocycles. The van der Waals surface area contributed by atoms with Crippen molar-refractivity contribution >= 4 is 5.97 Å². The molecule has 0 saturated heterocycles. The van der Waals surface area contributed by atoms with Gasteiger partial charge in [-0.1, -0.05) is 37.3 Å². The van der Waals surface area contributed by atoms with Crippen LogP contribution in [0.5, 0.6) is 0 Å². The summed E-state index contributed by atoms with van der Waals surface area (Å²) < 4.78 is 0. The fourth-order valence-electron chi connectivity index (χ4n) is 2.04. The average Bonchev–Trinajstić information content (AvgIpc) is 2.25. The average molecular weight is 235 g/mol. The van der Waals surface area contributed by atoms with Gasteiger partial charge in [0.15, 0.2) is 0 Å². The van der Waals surface area contributed by atoms with Crippen LogP contribution in [0, 0.1) is 0 Å². The Morgan fingerprint density at radius 2 is 1.88 bits per heavy atom. The number of aliphatic carboxylic acids is 1. The summed E-state index contributed by atoms with van der Waals surface area (Å²) in [5.74, 6) is -0.749. The molecule has 0 bridgehead atoms. The van der Waals surface area contributed by atoms with Gasteiger partial charge in [0.1, 0.15) is 0 Å². The van der Waals surface area contributed by atoms with E-state index in [0.29, 0.717) is 0 Å². The Labute approximate surface area is 103 Å². The molecule has 0 fully saturated rings. The summed E-state index contributed by atoms with van der Waals surface area (Å²) in [5.41, 5.74) is 0.893. The third kappa shape index (κ3) is 4.19. The van der Waals surface area contributed by atoms with Gasteiger partial charge < -0.3 is 5.11 Å². The van der Waals surface area contributed by atoms with Gasteiger partial charge in [-0.3, -0.25) is 9.69 Å². The van der Waals surface area contributed by atoms with Crippen molar-refractivity contribution in [2.75, 3.05) is 6.54 Å². The van der Waals surface area contributed by atoms with Crippen LogP contribution >= 0.6 is 0 Å². The molecule has 0 atom stereocenters. The van der Waals surface area contributed by atoms with Crippen molar-refractivity contribution in [1.29, 1.82) is 0 Å². The van der Waals surface area contributed by atoms with E-state index in [4.69, 9.17) is 5.11 Å². The molecule has 0 amide bonds. The van der Waals surface area contributed by atoms with Crippen molar-refractivity contribution in [3.05, 3.63) is 35.9 Å². The molecule has 0 radical (unpaired) electrons. The van der Waals surface area contributed by atoms with E-state index in [1.54, 1.807) is 0 Å². The van der Waals surface area contributed by atoms with Crippen LogP contribution in [0.1, 0.15) is 32.8 Å². The molecule has 0 aliphatic heterocycles. The lowest BCUT2D eigenvalue weighted by Gasteiger charge is -2.37. The maximum Gasteiger partial charge on any atom is 0.305 e. The van der Waals surface area contributed by atoms with Gasteiger partial charge in [0.25, 0.3) is 0 Å². The Morgan fingerprint density at radius 3 is 2.35 bits per heavy atom. The van der Waals surface area contributed by atoms with Crippen molar-refractivity contribution < 1.29 is 9.90 Å². The van der Waals surface area contributed by atoms with Crippen LogP contribution in [0.4, 0.5) is 0 Å². The quantitative estimate of drug-likeness (QED) is 0.824. The topological polar surface area (TPSA) is 40.5 Å². The smallest absolute Gasteiger partial charge is 0.305 e. The lowest BCUT2D eigenvalue weighted by atomic mass is 9.97. The highest BCUT2D eigenvalue weighted by atomic mass is 16.4. The van der Waals surface area contributed by atoms with E-state index in [1.807, 2.05) is 32.0 Å². The van der Waals surface area contributed by atoms with Crippen molar-refractivity contribution in [3.63, 3.8) is 0 Å². The molecule has 94 valence electrons. The Kier molecular flexibility index (Phi) is 4.70. The highest BCUT2D eigenvalue weighted by molar-refractivity contribution is 5.68. The lowest BCUT2D eigenvalue weighted by molar-refractivity contribution is -0.140. The van der Waals surface area contributed by atoms with E-state index >= 15 is 0 Å². The molecule has 17 heavy (non-hydrogen) atoms. The largest absolute Gasteiger partial charge is 0.481 e.